The van der Waals surface area contributed by atoms with Crippen molar-refractivity contribution in [1.82, 2.24) is 9.78 Å². The molecule has 0 radical (unpaired) electrons. The first-order valence-corrected chi connectivity index (χ1v) is 6.19. The molecule has 0 aliphatic carbocycles. The van der Waals surface area contributed by atoms with Gasteiger partial charge in [-0.2, -0.15) is 10.4 Å². The van der Waals surface area contributed by atoms with Crippen molar-refractivity contribution in [1.29, 1.82) is 5.26 Å². The van der Waals surface area contributed by atoms with Gasteiger partial charge in [-0.3, -0.25) is 4.68 Å². The first-order valence-electron chi connectivity index (χ1n) is 5.40. The lowest BCUT2D eigenvalue weighted by atomic mass is 10.2. The number of rotatable bonds is 3. The minimum absolute atomic E-state index is 0.223. The van der Waals surface area contributed by atoms with Crippen LogP contribution in [0.4, 0.5) is 0 Å². The van der Waals surface area contributed by atoms with Crippen molar-refractivity contribution in [2.75, 3.05) is 6.61 Å². The van der Waals surface area contributed by atoms with Crippen molar-refractivity contribution in [3.05, 3.63) is 22.3 Å². The third-order valence-electron chi connectivity index (χ3n) is 2.48. The van der Waals surface area contributed by atoms with E-state index in [-0.39, 0.29) is 6.61 Å². The highest BCUT2D eigenvalue weighted by atomic mass is 79.9. The number of nitriles is 1. The van der Waals surface area contributed by atoms with Gasteiger partial charge < -0.3 is 9.84 Å². The first kappa shape index (κ1) is 12.9. The molecule has 1 N–H and O–H groups in total. The second kappa shape index (κ2) is 4.96. The molecule has 2 aromatic rings. The zero-order valence-corrected chi connectivity index (χ0v) is 11.6. The molecule has 0 bridgehead atoms. The van der Waals surface area contributed by atoms with Gasteiger partial charge in [-0.15, -0.1) is 0 Å². The predicted octanol–water partition coefficient (Wildman–Crippen LogP) is 1.97. The Morgan fingerprint density at radius 3 is 2.94 bits per heavy atom. The second-order valence-electron chi connectivity index (χ2n) is 4.04. The van der Waals surface area contributed by atoms with Crippen LogP contribution in [-0.4, -0.2) is 27.6 Å². The molecule has 0 unspecified atom stereocenters. The molecule has 94 valence electrons. The van der Waals surface area contributed by atoms with Gasteiger partial charge in [0.2, 0.25) is 0 Å². The summed E-state index contributed by atoms with van der Waals surface area (Å²) in [4.78, 5) is 0. The summed E-state index contributed by atoms with van der Waals surface area (Å²) < 4.78 is 7.84. The van der Waals surface area contributed by atoms with Crippen LogP contribution in [0.25, 0.3) is 10.9 Å². The van der Waals surface area contributed by atoms with Gasteiger partial charge in [-0.05, 0) is 28.9 Å². The van der Waals surface area contributed by atoms with E-state index in [2.05, 4.69) is 27.1 Å². The van der Waals surface area contributed by atoms with Crippen molar-refractivity contribution in [3.63, 3.8) is 0 Å². The molecule has 1 aromatic carbocycles. The van der Waals surface area contributed by atoms with Crippen molar-refractivity contribution >= 4 is 26.8 Å². The summed E-state index contributed by atoms with van der Waals surface area (Å²) in [6.07, 6.45) is -0.527. The Morgan fingerprint density at radius 2 is 2.33 bits per heavy atom. The molecular formula is C12H12BrN3O2. The molecule has 1 aromatic heterocycles. The average molecular weight is 310 g/mol. The molecule has 1 atom stereocenters. The quantitative estimate of drug-likeness (QED) is 0.941. The molecule has 0 amide bonds. The van der Waals surface area contributed by atoms with Crippen molar-refractivity contribution < 1.29 is 9.84 Å². The van der Waals surface area contributed by atoms with Crippen LogP contribution in [0.1, 0.15) is 12.6 Å². The van der Waals surface area contributed by atoms with Gasteiger partial charge in [0.05, 0.1) is 17.0 Å². The number of hydrogen-bond donors (Lipinski definition) is 1. The van der Waals surface area contributed by atoms with Crippen LogP contribution in [0.5, 0.6) is 5.75 Å². The summed E-state index contributed by atoms with van der Waals surface area (Å²) in [6.45, 7) is 1.88. The van der Waals surface area contributed by atoms with Crippen molar-refractivity contribution in [3.8, 4) is 11.8 Å². The van der Waals surface area contributed by atoms with Crippen LogP contribution in [0.15, 0.2) is 16.6 Å². The molecule has 0 saturated heterocycles. The lowest BCUT2D eigenvalue weighted by molar-refractivity contribution is 0.123. The Bertz CT molecular complexity index is 628. The van der Waals surface area contributed by atoms with E-state index in [4.69, 9.17) is 10.00 Å². The highest BCUT2D eigenvalue weighted by Crippen LogP contribution is 2.31. The smallest absolute Gasteiger partial charge is 0.171 e. The van der Waals surface area contributed by atoms with Gasteiger partial charge in [0.15, 0.2) is 5.69 Å². The molecule has 0 aliphatic rings. The number of hydrogen-bond acceptors (Lipinski definition) is 4. The molecule has 6 heteroatoms. The topological polar surface area (TPSA) is 71.1 Å². The van der Waals surface area contributed by atoms with Gasteiger partial charge in [0.1, 0.15) is 18.4 Å². The Morgan fingerprint density at radius 1 is 1.61 bits per heavy atom. The fraction of sp³-hybridized carbons (Fsp3) is 0.333. The maximum Gasteiger partial charge on any atom is 0.171 e. The Balaban J connectivity index is 2.50. The molecule has 5 nitrogen and oxygen atoms in total. The third kappa shape index (κ3) is 2.33. The zero-order valence-electron chi connectivity index (χ0n) is 10.0. The van der Waals surface area contributed by atoms with Gasteiger partial charge in [-0.1, -0.05) is 0 Å². The predicted molar refractivity (Wildman–Crippen MR) is 70.3 cm³/mol. The van der Waals surface area contributed by atoms with E-state index in [1.807, 2.05) is 0 Å². The van der Waals surface area contributed by atoms with Crippen LogP contribution >= 0.6 is 15.9 Å². The maximum atomic E-state index is 9.20. The highest BCUT2D eigenvalue weighted by Gasteiger charge is 2.13. The van der Waals surface area contributed by atoms with Crippen LogP contribution in [-0.2, 0) is 7.05 Å². The number of aryl methyl sites for hydroxylation is 1. The van der Waals surface area contributed by atoms with Crippen LogP contribution in [0.2, 0.25) is 0 Å². The monoisotopic (exact) mass is 309 g/mol. The van der Waals surface area contributed by atoms with Crippen molar-refractivity contribution in [2.24, 2.45) is 7.05 Å². The number of halogens is 1. The van der Waals surface area contributed by atoms with Gasteiger partial charge in [0.25, 0.3) is 0 Å². The molecule has 0 aliphatic heterocycles. The van der Waals surface area contributed by atoms with E-state index in [0.29, 0.717) is 11.4 Å². The molecular weight excluding hydrogens is 298 g/mol. The highest BCUT2D eigenvalue weighted by molar-refractivity contribution is 9.10. The number of aliphatic hydroxyl groups excluding tert-OH is 1. The Labute approximate surface area is 113 Å². The molecule has 1 heterocycles. The molecule has 0 fully saturated rings. The maximum absolute atomic E-state index is 9.20. The second-order valence-corrected chi connectivity index (χ2v) is 4.90. The molecule has 0 spiro atoms. The number of benzene rings is 1. The number of ether oxygens (including phenoxy) is 1. The number of fused-ring (bicyclic) bond motifs is 1. The van der Waals surface area contributed by atoms with E-state index < -0.39 is 6.10 Å². The van der Waals surface area contributed by atoms with Gasteiger partial charge >= 0.3 is 0 Å². The van der Waals surface area contributed by atoms with E-state index in [1.54, 1.807) is 30.8 Å². The zero-order chi connectivity index (χ0) is 13.3. The van der Waals surface area contributed by atoms with E-state index >= 15 is 0 Å². The fourth-order valence-electron chi connectivity index (χ4n) is 1.69. The minimum Gasteiger partial charge on any atom is -0.491 e. The number of aromatic nitrogens is 2. The van der Waals surface area contributed by atoms with E-state index in [1.165, 1.54) is 0 Å². The molecule has 2 rings (SSSR count). The fourth-order valence-corrected chi connectivity index (χ4v) is 2.31. The lowest BCUT2D eigenvalue weighted by Gasteiger charge is -2.09. The van der Waals surface area contributed by atoms with Gasteiger partial charge in [0, 0.05) is 17.6 Å². The summed E-state index contributed by atoms with van der Waals surface area (Å²) in [6, 6.07) is 5.63. The SMILES string of the molecule is C[C@@H](O)COc1cc(Br)c2c(C#N)nn(C)c2c1. The van der Waals surface area contributed by atoms with Crippen LogP contribution < -0.4 is 4.74 Å². The third-order valence-corrected chi connectivity index (χ3v) is 3.10. The summed E-state index contributed by atoms with van der Waals surface area (Å²) in [5.41, 5.74) is 1.18. The number of nitrogens with zero attached hydrogens (tertiary/aromatic N) is 3. The minimum atomic E-state index is -0.527. The first-order chi connectivity index (χ1) is 8.52. The lowest BCUT2D eigenvalue weighted by Crippen LogP contribution is -2.12. The Hall–Kier alpha value is -1.58. The Kier molecular flexibility index (Phi) is 3.55. The van der Waals surface area contributed by atoms with Crippen LogP contribution in [0.3, 0.4) is 0 Å². The van der Waals surface area contributed by atoms with E-state index in [9.17, 15) is 5.11 Å². The van der Waals surface area contributed by atoms with Gasteiger partial charge in [-0.25, -0.2) is 0 Å². The summed E-state index contributed by atoms with van der Waals surface area (Å²) in [7, 11) is 1.77. The summed E-state index contributed by atoms with van der Waals surface area (Å²) >= 11 is 3.41. The standard InChI is InChI=1S/C12H12BrN3O2/c1-7(17)6-18-8-3-9(13)12-10(5-14)15-16(2)11(12)4-8/h3-4,7,17H,6H2,1-2H3/t7-/m1/s1. The summed E-state index contributed by atoms with van der Waals surface area (Å²) in [5.74, 6) is 0.628. The normalized spacial score (nSPS) is 12.4. The average Bonchev–Trinajstić information content (AvgIpc) is 2.64. The largest absolute Gasteiger partial charge is 0.491 e. The number of aliphatic hydroxyl groups is 1. The molecule has 18 heavy (non-hydrogen) atoms. The van der Waals surface area contributed by atoms with E-state index in [0.717, 1.165) is 15.4 Å². The molecule has 0 saturated carbocycles. The summed E-state index contributed by atoms with van der Waals surface area (Å²) in [5, 5.41) is 23.1. The van der Waals surface area contributed by atoms with Crippen LogP contribution in [0, 0.1) is 11.3 Å². The van der Waals surface area contributed by atoms with Crippen molar-refractivity contribution in [2.45, 2.75) is 13.0 Å².